The fourth-order valence-corrected chi connectivity index (χ4v) is 2.59. The summed E-state index contributed by atoms with van der Waals surface area (Å²) in [5.41, 5.74) is -3.10. The van der Waals surface area contributed by atoms with E-state index in [4.69, 9.17) is 0 Å². The van der Waals surface area contributed by atoms with Crippen LogP contribution in [-0.4, -0.2) is 42.9 Å². The van der Waals surface area contributed by atoms with E-state index in [1.807, 2.05) is 0 Å². The van der Waals surface area contributed by atoms with Gasteiger partial charge in [-0.25, -0.2) is 13.6 Å². The van der Waals surface area contributed by atoms with Gasteiger partial charge in [0, 0.05) is 17.8 Å². The molecule has 124 valence electrons. The number of fused-ring (bicyclic) bond motifs is 1. The zero-order valence-corrected chi connectivity index (χ0v) is 13.1. The summed E-state index contributed by atoms with van der Waals surface area (Å²) in [6, 6.07) is 2.03. The number of Topliss-reactive ketones (excluding diaryl/α,β-unsaturated/α-hetero) is 2. The van der Waals surface area contributed by atoms with Crippen molar-refractivity contribution in [2.75, 3.05) is 24.6 Å². The van der Waals surface area contributed by atoms with E-state index < -0.39 is 35.6 Å². The Morgan fingerprint density at radius 3 is 2.52 bits per heavy atom. The number of esters is 1. The first kappa shape index (κ1) is 17.1. The Kier molecular flexibility index (Phi) is 4.49. The molecule has 0 radical (unpaired) electrons. The average Bonchev–Trinajstić information content (AvgIpc) is 2.50. The SMILES string of the molecule is CCOC(=O)C1(F)CN(CC)c2cc(C(C)=O)c(F)cc2C1=O. The second-order valence-electron chi connectivity index (χ2n) is 5.27. The van der Waals surface area contributed by atoms with Gasteiger partial charge in [-0.05, 0) is 32.9 Å². The molecule has 1 heterocycles. The largest absolute Gasteiger partial charge is 0.463 e. The Morgan fingerprint density at radius 2 is 2.00 bits per heavy atom. The zero-order valence-electron chi connectivity index (χ0n) is 13.1. The maximum absolute atomic E-state index is 15.0. The summed E-state index contributed by atoms with van der Waals surface area (Å²) < 4.78 is 33.6. The number of anilines is 1. The van der Waals surface area contributed by atoms with Crippen molar-refractivity contribution in [2.45, 2.75) is 26.4 Å². The van der Waals surface area contributed by atoms with E-state index in [1.54, 1.807) is 6.92 Å². The van der Waals surface area contributed by atoms with Gasteiger partial charge in [-0.15, -0.1) is 0 Å². The van der Waals surface area contributed by atoms with E-state index in [2.05, 4.69) is 4.74 Å². The number of ketones is 2. The normalized spacial score (nSPS) is 20.2. The molecular weight excluding hydrogens is 308 g/mol. The van der Waals surface area contributed by atoms with Gasteiger partial charge in [0.15, 0.2) is 5.78 Å². The Labute approximate surface area is 132 Å². The lowest BCUT2D eigenvalue weighted by Crippen LogP contribution is -2.56. The molecule has 0 saturated carbocycles. The van der Waals surface area contributed by atoms with Crippen LogP contribution < -0.4 is 4.90 Å². The lowest BCUT2D eigenvalue weighted by molar-refractivity contribution is -0.153. The highest BCUT2D eigenvalue weighted by atomic mass is 19.1. The Bertz CT molecular complexity index is 689. The third-order valence-corrected chi connectivity index (χ3v) is 3.80. The first-order chi connectivity index (χ1) is 10.8. The van der Waals surface area contributed by atoms with Crippen molar-refractivity contribution in [3.63, 3.8) is 0 Å². The summed E-state index contributed by atoms with van der Waals surface area (Å²) in [6.07, 6.45) is 0. The van der Waals surface area contributed by atoms with Gasteiger partial charge in [-0.3, -0.25) is 9.59 Å². The van der Waals surface area contributed by atoms with Gasteiger partial charge in [0.1, 0.15) is 5.82 Å². The second kappa shape index (κ2) is 6.06. The molecule has 1 aliphatic heterocycles. The third kappa shape index (κ3) is 2.71. The molecule has 0 aliphatic carbocycles. The summed E-state index contributed by atoms with van der Waals surface area (Å²) >= 11 is 0. The molecule has 0 aromatic heterocycles. The van der Waals surface area contributed by atoms with Crippen LogP contribution in [0, 0.1) is 5.82 Å². The van der Waals surface area contributed by atoms with Crippen molar-refractivity contribution in [2.24, 2.45) is 0 Å². The third-order valence-electron chi connectivity index (χ3n) is 3.80. The van der Waals surface area contributed by atoms with E-state index >= 15 is 0 Å². The van der Waals surface area contributed by atoms with Crippen LogP contribution in [0.25, 0.3) is 0 Å². The minimum absolute atomic E-state index is 0.0750. The highest BCUT2D eigenvalue weighted by Gasteiger charge is 2.53. The van der Waals surface area contributed by atoms with Gasteiger partial charge in [-0.2, -0.15) is 0 Å². The van der Waals surface area contributed by atoms with Crippen molar-refractivity contribution in [3.05, 3.63) is 29.1 Å². The monoisotopic (exact) mass is 325 g/mol. The summed E-state index contributed by atoms with van der Waals surface area (Å²) in [5.74, 6) is -3.86. The molecule has 1 unspecified atom stereocenters. The standard InChI is InChI=1S/C16H17F2NO4/c1-4-19-8-16(18,15(22)23-5-2)14(21)11-6-12(17)10(9(3)20)7-13(11)19/h6-7H,4-5,8H2,1-3H3. The maximum atomic E-state index is 15.0. The molecule has 1 atom stereocenters. The first-order valence-corrected chi connectivity index (χ1v) is 7.26. The van der Waals surface area contributed by atoms with Crippen LogP contribution >= 0.6 is 0 Å². The smallest absolute Gasteiger partial charge is 0.354 e. The number of hydrogen-bond donors (Lipinski definition) is 0. The molecule has 2 rings (SSSR count). The second-order valence-corrected chi connectivity index (χ2v) is 5.27. The maximum Gasteiger partial charge on any atom is 0.354 e. The zero-order chi connectivity index (χ0) is 17.4. The van der Waals surface area contributed by atoms with Crippen molar-refractivity contribution in [1.82, 2.24) is 0 Å². The summed E-state index contributed by atoms with van der Waals surface area (Å²) in [7, 11) is 0. The quantitative estimate of drug-likeness (QED) is 0.483. The number of ether oxygens (including phenoxy) is 1. The number of alkyl halides is 1. The number of halogens is 2. The molecule has 0 spiro atoms. The Morgan fingerprint density at radius 1 is 1.35 bits per heavy atom. The van der Waals surface area contributed by atoms with Crippen LogP contribution in [0.1, 0.15) is 41.5 Å². The van der Waals surface area contributed by atoms with Crippen molar-refractivity contribution in [1.29, 1.82) is 0 Å². The summed E-state index contributed by atoms with van der Waals surface area (Å²) in [4.78, 5) is 37.1. The number of carbonyl (C=O) groups excluding carboxylic acids is 3. The van der Waals surface area contributed by atoms with Gasteiger partial charge in [0.2, 0.25) is 5.78 Å². The van der Waals surface area contributed by atoms with E-state index in [-0.39, 0.29) is 30.0 Å². The van der Waals surface area contributed by atoms with Crippen molar-refractivity contribution < 1.29 is 27.9 Å². The van der Waals surface area contributed by atoms with Crippen LogP contribution in [-0.2, 0) is 9.53 Å². The van der Waals surface area contributed by atoms with Crippen molar-refractivity contribution in [3.8, 4) is 0 Å². The van der Waals surface area contributed by atoms with Gasteiger partial charge >= 0.3 is 5.97 Å². The molecule has 7 heteroatoms. The van der Waals surface area contributed by atoms with Gasteiger partial charge in [-0.1, -0.05) is 0 Å². The van der Waals surface area contributed by atoms with Gasteiger partial charge < -0.3 is 9.64 Å². The molecular formula is C16H17F2NO4. The summed E-state index contributed by atoms with van der Waals surface area (Å²) in [5, 5.41) is 0. The van der Waals surface area contributed by atoms with E-state index in [1.165, 1.54) is 24.8 Å². The van der Waals surface area contributed by atoms with Crippen LogP contribution in [0.3, 0.4) is 0 Å². The Balaban J connectivity index is 2.61. The highest BCUT2D eigenvalue weighted by Crippen LogP contribution is 2.36. The predicted molar refractivity (Wildman–Crippen MR) is 79.1 cm³/mol. The van der Waals surface area contributed by atoms with Crippen molar-refractivity contribution >= 4 is 23.2 Å². The average molecular weight is 325 g/mol. The van der Waals surface area contributed by atoms with E-state index in [0.29, 0.717) is 0 Å². The molecule has 23 heavy (non-hydrogen) atoms. The predicted octanol–water partition coefficient (Wildman–Crippen LogP) is 2.32. The molecule has 0 bridgehead atoms. The minimum atomic E-state index is -2.89. The molecule has 1 aliphatic rings. The topological polar surface area (TPSA) is 63.7 Å². The van der Waals surface area contributed by atoms with Crippen LogP contribution in [0.2, 0.25) is 0 Å². The first-order valence-electron chi connectivity index (χ1n) is 7.26. The number of rotatable bonds is 4. The molecule has 0 amide bonds. The molecule has 0 saturated heterocycles. The summed E-state index contributed by atoms with van der Waals surface area (Å²) in [6.45, 7) is 4.06. The molecule has 1 aromatic rings. The molecule has 5 nitrogen and oxygen atoms in total. The highest BCUT2D eigenvalue weighted by molar-refractivity contribution is 6.20. The van der Waals surface area contributed by atoms with Crippen LogP contribution in [0.4, 0.5) is 14.5 Å². The lowest BCUT2D eigenvalue weighted by Gasteiger charge is -2.36. The number of carbonyl (C=O) groups is 3. The lowest BCUT2D eigenvalue weighted by atomic mass is 9.87. The Hall–Kier alpha value is -2.31. The number of hydrogen-bond acceptors (Lipinski definition) is 5. The van der Waals surface area contributed by atoms with Gasteiger partial charge in [0.05, 0.1) is 18.7 Å². The number of nitrogens with zero attached hydrogens (tertiary/aromatic N) is 1. The fourth-order valence-electron chi connectivity index (χ4n) is 2.59. The van der Waals surface area contributed by atoms with E-state index in [0.717, 1.165) is 6.07 Å². The fraction of sp³-hybridized carbons (Fsp3) is 0.438. The number of benzene rings is 1. The molecule has 1 aromatic carbocycles. The van der Waals surface area contributed by atoms with Gasteiger partial charge in [0.25, 0.3) is 5.67 Å². The minimum Gasteiger partial charge on any atom is -0.463 e. The van der Waals surface area contributed by atoms with Crippen LogP contribution in [0.15, 0.2) is 12.1 Å². The molecule has 0 fully saturated rings. The van der Waals surface area contributed by atoms with Crippen LogP contribution in [0.5, 0.6) is 0 Å². The molecule has 0 N–H and O–H groups in total. The van der Waals surface area contributed by atoms with E-state index in [9.17, 15) is 23.2 Å².